The third-order valence-corrected chi connectivity index (χ3v) is 5.39. The lowest BCUT2D eigenvalue weighted by molar-refractivity contribution is 0.0921. The van der Waals surface area contributed by atoms with Crippen LogP contribution in [0, 0.1) is 5.92 Å². The van der Waals surface area contributed by atoms with Crippen molar-refractivity contribution in [3.8, 4) is 0 Å². The van der Waals surface area contributed by atoms with E-state index in [9.17, 15) is 9.59 Å². The number of primary amides is 1. The van der Waals surface area contributed by atoms with Crippen molar-refractivity contribution < 1.29 is 9.59 Å². The summed E-state index contributed by atoms with van der Waals surface area (Å²) >= 11 is 1.69. The number of carbonyl (C=O) groups is 2. The minimum absolute atomic E-state index is 0.0702. The van der Waals surface area contributed by atoms with Crippen molar-refractivity contribution in [2.24, 2.45) is 11.7 Å². The number of carbonyl (C=O) groups excluding carboxylic acids is 2. The van der Waals surface area contributed by atoms with Gasteiger partial charge in [-0.2, -0.15) is 0 Å². The molecule has 0 aliphatic heterocycles. The summed E-state index contributed by atoms with van der Waals surface area (Å²) in [6, 6.07) is 10.7. The normalized spacial score (nSPS) is 16.2. The zero-order valence-electron chi connectivity index (χ0n) is 12.8. The Morgan fingerprint density at radius 3 is 2.30 bits per heavy atom. The lowest BCUT2D eigenvalue weighted by Gasteiger charge is -2.24. The van der Waals surface area contributed by atoms with E-state index in [1.807, 2.05) is 11.4 Å². The van der Waals surface area contributed by atoms with E-state index in [0.717, 1.165) is 12.8 Å². The Morgan fingerprint density at radius 2 is 1.74 bits per heavy atom. The first-order valence-corrected chi connectivity index (χ1v) is 8.77. The van der Waals surface area contributed by atoms with E-state index in [1.165, 1.54) is 17.7 Å². The molecule has 0 radical (unpaired) electrons. The van der Waals surface area contributed by atoms with E-state index in [1.54, 1.807) is 35.6 Å². The highest BCUT2D eigenvalue weighted by Gasteiger charge is 2.28. The van der Waals surface area contributed by atoms with Crippen molar-refractivity contribution in [1.29, 1.82) is 0 Å². The number of nitrogens with one attached hydrogen (secondary N) is 1. The maximum absolute atomic E-state index is 12.6. The predicted molar refractivity (Wildman–Crippen MR) is 91.4 cm³/mol. The van der Waals surface area contributed by atoms with Crippen LogP contribution in [0.4, 0.5) is 0 Å². The molecule has 1 fully saturated rings. The maximum atomic E-state index is 12.6. The minimum Gasteiger partial charge on any atom is -0.366 e. The van der Waals surface area contributed by atoms with Crippen molar-refractivity contribution in [2.45, 2.75) is 31.7 Å². The molecule has 1 saturated carbocycles. The molecule has 5 heteroatoms. The Kier molecular flexibility index (Phi) is 4.76. The van der Waals surface area contributed by atoms with E-state index >= 15 is 0 Å². The molecular formula is C18H20N2O2S. The number of benzene rings is 1. The highest BCUT2D eigenvalue weighted by Crippen LogP contribution is 2.37. The topological polar surface area (TPSA) is 72.2 Å². The summed E-state index contributed by atoms with van der Waals surface area (Å²) < 4.78 is 0. The van der Waals surface area contributed by atoms with Gasteiger partial charge in [-0.3, -0.25) is 9.59 Å². The van der Waals surface area contributed by atoms with Crippen LogP contribution >= 0.6 is 11.3 Å². The number of thiophene rings is 1. The third kappa shape index (κ3) is 3.62. The summed E-state index contributed by atoms with van der Waals surface area (Å²) in [7, 11) is 0. The van der Waals surface area contributed by atoms with Crippen LogP contribution in [0.5, 0.6) is 0 Å². The quantitative estimate of drug-likeness (QED) is 0.881. The van der Waals surface area contributed by atoms with Crippen molar-refractivity contribution in [1.82, 2.24) is 5.32 Å². The molecule has 1 aromatic heterocycles. The van der Waals surface area contributed by atoms with Crippen molar-refractivity contribution in [3.05, 3.63) is 57.8 Å². The average Bonchev–Trinajstić information content (AvgIpc) is 3.26. The van der Waals surface area contributed by atoms with Crippen molar-refractivity contribution >= 4 is 23.2 Å². The minimum atomic E-state index is -0.487. The molecule has 1 atom stereocenters. The van der Waals surface area contributed by atoms with Gasteiger partial charge in [0.05, 0.1) is 6.04 Å². The Morgan fingerprint density at radius 1 is 1.09 bits per heavy atom. The van der Waals surface area contributed by atoms with Gasteiger partial charge in [-0.15, -0.1) is 11.3 Å². The zero-order chi connectivity index (χ0) is 16.2. The van der Waals surface area contributed by atoms with E-state index in [0.29, 0.717) is 17.0 Å². The maximum Gasteiger partial charge on any atom is 0.251 e. The molecule has 23 heavy (non-hydrogen) atoms. The molecular weight excluding hydrogens is 308 g/mol. The number of hydrogen-bond donors (Lipinski definition) is 2. The molecule has 2 aromatic rings. The number of rotatable bonds is 5. The first-order valence-electron chi connectivity index (χ1n) is 7.89. The Balaban J connectivity index is 1.76. The first kappa shape index (κ1) is 15.7. The fourth-order valence-corrected chi connectivity index (χ4v) is 4.06. The lowest BCUT2D eigenvalue weighted by atomic mass is 9.96. The van der Waals surface area contributed by atoms with Gasteiger partial charge in [-0.1, -0.05) is 18.9 Å². The third-order valence-electron chi connectivity index (χ3n) is 4.44. The van der Waals surface area contributed by atoms with Crippen LogP contribution in [0.15, 0.2) is 41.8 Å². The van der Waals surface area contributed by atoms with Crippen LogP contribution in [-0.4, -0.2) is 11.8 Å². The molecule has 0 saturated heterocycles. The van der Waals surface area contributed by atoms with Crippen LogP contribution in [-0.2, 0) is 0 Å². The Labute approximate surface area is 139 Å². The fourth-order valence-electron chi connectivity index (χ4n) is 3.19. The van der Waals surface area contributed by atoms with Crippen molar-refractivity contribution in [3.63, 3.8) is 0 Å². The molecule has 0 spiro atoms. The van der Waals surface area contributed by atoms with Gasteiger partial charge < -0.3 is 11.1 Å². The van der Waals surface area contributed by atoms with Gasteiger partial charge in [-0.05, 0) is 54.5 Å². The standard InChI is InChI=1S/C18H20N2O2S/c19-17(21)13-7-9-14(10-8-13)18(22)20-16(12-4-1-2-5-12)15-6-3-11-23-15/h3,6-12,16H,1-2,4-5H2,(H2,19,21)(H,20,22)/t16-/m1/s1. The van der Waals surface area contributed by atoms with E-state index < -0.39 is 5.91 Å². The van der Waals surface area contributed by atoms with Gasteiger partial charge in [-0.25, -0.2) is 0 Å². The van der Waals surface area contributed by atoms with E-state index in [2.05, 4.69) is 11.4 Å². The lowest BCUT2D eigenvalue weighted by Crippen LogP contribution is -2.32. The second-order valence-electron chi connectivity index (χ2n) is 5.95. The molecule has 0 bridgehead atoms. The fraction of sp³-hybridized carbons (Fsp3) is 0.333. The largest absolute Gasteiger partial charge is 0.366 e. The molecule has 1 aliphatic rings. The second kappa shape index (κ2) is 6.96. The highest BCUT2D eigenvalue weighted by molar-refractivity contribution is 7.10. The molecule has 1 aromatic carbocycles. The van der Waals surface area contributed by atoms with Gasteiger partial charge in [0, 0.05) is 16.0 Å². The van der Waals surface area contributed by atoms with Crippen LogP contribution in [0.2, 0.25) is 0 Å². The summed E-state index contributed by atoms with van der Waals surface area (Å²) in [5.41, 5.74) is 6.19. The van der Waals surface area contributed by atoms with Gasteiger partial charge in [0.25, 0.3) is 5.91 Å². The number of amides is 2. The summed E-state index contributed by atoms with van der Waals surface area (Å²) in [4.78, 5) is 24.9. The predicted octanol–water partition coefficient (Wildman–Crippen LogP) is 3.51. The molecule has 3 rings (SSSR count). The highest BCUT2D eigenvalue weighted by atomic mass is 32.1. The molecule has 0 unspecified atom stereocenters. The molecule has 2 amide bonds. The Bertz CT molecular complexity index is 674. The van der Waals surface area contributed by atoms with Gasteiger partial charge >= 0.3 is 0 Å². The summed E-state index contributed by atoms with van der Waals surface area (Å²) in [5.74, 6) is -0.0896. The molecule has 3 N–H and O–H groups in total. The second-order valence-corrected chi connectivity index (χ2v) is 6.93. The first-order chi connectivity index (χ1) is 11.1. The summed E-state index contributed by atoms with van der Waals surface area (Å²) in [6.07, 6.45) is 4.78. The van der Waals surface area contributed by atoms with Gasteiger partial charge in [0.1, 0.15) is 0 Å². The summed E-state index contributed by atoms with van der Waals surface area (Å²) in [6.45, 7) is 0. The van der Waals surface area contributed by atoms with Crippen molar-refractivity contribution in [2.75, 3.05) is 0 Å². The Hall–Kier alpha value is -2.14. The van der Waals surface area contributed by atoms with Crippen LogP contribution in [0.3, 0.4) is 0 Å². The smallest absolute Gasteiger partial charge is 0.251 e. The monoisotopic (exact) mass is 328 g/mol. The van der Waals surface area contributed by atoms with E-state index in [-0.39, 0.29) is 11.9 Å². The van der Waals surface area contributed by atoms with Gasteiger partial charge in [0.2, 0.25) is 5.91 Å². The molecule has 1 heterocycles. The average molecular weight is 328 g/mol. The molecule has 1 aliphatic carbocycles. The van der Waals surface area contributed by atoms with E-state index in [4.69, 9.17) is 5.73 Å². The number of nitrogens with two attached hydrogens (primary N) is 1. The van der Waals surface area contributed by atoms with Gasteiger partial charge in [0.15, 0.2) is 0 Å². The summed E-state index contributed by atoms with van der Waals surface area (Å²) in [5, 5.41) is 5.23. The molecule has 120 valence electrons. The van der Waals surface area contributed by atoms with Crippen LogP contribution in [0.25, 0.3) is 0 Å². The van der Waals surface area contributed by atoms with Crippen LogP contribution in [0.1, 0.15) is 57.3 Å². The SMILES string of the molecule is NC(=O)c1ccc(C(=O)N[C@@H](c2cccs2)C2CCCC2)cc1. The number of hydrogen-bond acceptors (Lipinski definition) is 3. The zero-order valence-corrected chi connectivity index (χ0v) is 13.6. The van der Waals surface area contributed by atoms with Crippen LogP contribution < -0.4 is 11.1 Å². The molecule has 4 nitrogen and oxygen atoms in total.